The summed E-state index contributed by atoms with van der Waals surface area (Å²) in [6.07, 6.45) is 10.6. The molecule has 0 aliphatic heterocycles. The van der Waals surface area contributed by atoms with E-state index in [9.17, 15) is 5.11 Å². The van der Waals surface area contributed by atoms with Crippen molar-refractivity contribution in [3.63, 3.8) is 0 Å². The van der Waals surface area contributed by atoms with Crippen LogP contribution < -0.4 is 0 Å². The van der Waals surface area contributed by atoms with Gasteiger partial charge < -0.3 is 14.6 Å². The zero-order valence-corrected chi connectivity index (χ0v) is 12.3. The summed E-state index contributed by atoms with van der Waals surface area (Å²) in [6.45, 7) is 4.89. The van der Waals surface area contributed by atoms with Crippen LogP contribution in [0.25, 0.3) is 0 Å². The molecular formula is C15H27N3O. The molecule has 0 unspecified atom stereocenters. The van der Waals surface area contributed by atoms with E-state index in [0.717, 1.165) is 44.7 Å². The summed E-state index contributed by atoms with van der Waals surface area (Å²) in [5, 5.41) is 10.5. The highest BCUT2D eigenvalue weighted by Crippen LogP contribution is 2.28. The van der Waals surface area contributed by atoms with Gasteiger partial charge in [0.25, 0.3) is 0 Å². The summed E-state index contributed by atoms with van der Waals surface area (Å²) in [4.78, 5) is 6.50. The van der Waals surface area contributed by atoms with Gasteiger partial charge in [0, 0.05) is 25.5 Å². The van der Waals surface area contributed by atoms with Crippen LogP contribution in [0.5, 0.6) is 0 Å². The van der Waals surface area contributed by atoms with Crippen LogP contribution in [0.1, 0.15) is 44.3 Å². The Hall–Kier alpha value is -0.870. The van der Waals surface area contributed by atoms with Gasteiger partial charge in [-0.2, -0.15) is 0 Å². The molecule has 0 bridgehead atoms. The number of hydrogen-bond donors (Lipinski definition) is 1. The van der Waals surface area contributed by atoms with E-state index in [1.165, 1.54) is 19.3 Å². The molecule has 4 nitrogen and oxygen atoms in total. The lowest BCUT2D eigenvalue weighted by Gasteiger charge is -2.35. The lowest BCUT2D eigenvalue weighted by molar-refractivity contribution is -0.0211. The van der Waals surface area contributed by atoms with E-state index < -0.39 is 5.60 Å². The van der Waals surface area contributed by atoms with E-state index in [2.05, 4.69) is 21.5 Å². The molecule has 0 amide bonds. The van der Waals surface area contributed by atoms with Crippen LogP contribution >= 0.6 is 0 Å². The van der Waals surface area contributed by atoms with Crippen molar-refractivity contribution >= 4 is 0 Å². The number of hydrogen-bond acceptors (Lipinski definition) is 3. The SMILES string of the molecule is Cc1nccn1CCCN(C)CC1(O)CCCCC1. The summed E-state index contributed by atoms with van der Waals surface area (Å²) >= 11 is 0. The predicted molar refractivity (Wildman–Crippen MR) is 77.1 cm³/mol. The van der Waals surface area contributed by atoms with Gasteiger partial charge in [0.05, 0.1) is 5.60 Å². The van der Waals surface area contributed by atoms with Crippen molar-refractivity contribution in [2.24, 2.45) is 0 Å². The fourth-order valence-corrected chi connectivity index (χ4v) is 3.10. The van der Waals surface area contributed by atoms with Gasteiger partial charge in [0.1, 0.15) is 5.82 Å². The lowest BCUT2D eigenvalue weighted by Crippen LogP contribution is -2.43. The van der Waals surface area contributed by atoms with Crippen LogP contribution in [0.4, 0.5) is 0 Å². The average molecular weight is 265 g/mol. The lowest BCUT2D eigenvalue weighted by atomic mass is 9.84. The number of aromatic nitrogens is 2. The van der Waals surface area contributed by atoms with Crippen LogP contribution in [0.2, 0.25) is 0 Å². The Morgan fingerprint density at radius 2 is 2.11 bits per heavy atom. The number of aliphatic hydroxyl groups is 1. The van der Waals surface area contributed by atoms with Gasteiger partial charge in [0.15, 0.2) is 0 Å². The molecule has 0 spiro atoms. The first-order chi connectivity index (χ1) is 9.09. The Labute approximate surface area is 116 Å². The minimum atomic E-state index is -0.433. The van der Waals surface area contributed by atoms with Gasteiger partial charge in [-0.05, 0) is 39.8 Å². The van der Waals surface area contributed by atoms with Gasteiger partial charge >= 0.3 is 0 Å². The predicted octanol–water partition coefficient (Wildman–Crippen LogP) is 2.21. The van der Waals surface area contributed by atoms with Crippen molar-refractivity contribution in [1.29, 1.82) is 0 Å². The average Bonchev–Trinajstić information content (AvgIpc) is 2.75. The number of nitrogens with zero attached hydrogens (tertiary/aromatic N) is 3. The van der Waals surface area contributed by atoms with Crippen molar-refractivity contribution in [1.82, 2.24) is 14.5 Å². The molecule has 108 valence electrons. The van der Waals surface area contributed by atoms with E-state index in [-0.39, 0.29) is 0 Å². The second kappa shape index (κ2) is 6.53. The summed E-state index contributed by atoms with van der Waals surface area (Å²) in [5.74, 6) is 1.08. The third-order valence-electron chi connectivity index (χ3n) is 4.21. The zero-order valence-electron chi connectivity index (χ0n) is 12.3. The quantitative estimate of drug-likeness (QED) is 0.857. The van der Waals surface area contributed by atoms with Crippen LogP contribution in [0.3, 0.4) is 0 Å². The molecular weight excluding hydrogens is 238 g/mol. The summed E-state index contributed by atoms with van der Waals surface area (Å²) in [7, 11) is 2.12. The largest absolute Gasteiger partial charge is 0.389 e. The molecule has 1 aliphatic rings. The van der Waals surface area contributed by atoms with Gasteiger partial charge in [-0.25, -0.2) is 4.98 Å². The van der Waals surface area contributed by atoms with Gasteiger partial charge in [-0.15, -0.1) is 0 Å². The third kappa shape index (κ3) is 4.32. The zero-order chi connectivity index (χ0) is 13.7. The maximum atomic E-state index is 10.5. The van der Waals surface area contributed by atoms with Crippen LogP contribution in [0, 0.1) is 6.92 Å². The molecule has 0 atom stereocenters. The van der Waals surface area contributed by atoms with Crippen molar-refractivity contribution in [2.45, 2.75) is 57.6 Å². The van der Waals surface area contributed by atoms with E-state index in [0.29, 0.717) is 0 Å². The van der Waals surface area contributed by atoms with E-state index in [1.807, 2.05) is 19.3 Å². The van der Waals surface area contributed by atoms with Crippen molar-refractivity contribution in [3.8, 4) is 0 Å². The number of rotatable bonds is 6. The number of aryl methyl sites for hydroxylation is 2. The molecule has 4 heteroatoms. The van der Waals surface area contributed by atoms with E-state index in [1.54, 1.807) is 0 Å². The minimum absolute atomic E-state index is 0.433. The van der Waals surface area contributed by atoms with Crippen LogP contribution in [-0.2, 0) is 6.54 Å². The van der Waals surface area contributed by atoms with E-state index in [4.69, 9.17) is 0 Å². The Morgan fingerprint density at radius 3 is 2.74 bits per heavy atom. The molecule has 0 aromatic carbocycles. The summed E-state index contributed by atoms with van der Waals surface area (Å²) < 4.78 is 2.18. The van der Waals surface area contributed by atoms with Crippen LogP contribution in [0.15, 0.2) is 12.4 Å². The molecule has 1 N–H and O–H groups in total. The highest BCUT2D eigenvalue weighted by molar-refractivity contribution is 4.88. The fourth-order valence-electron chi connectivity index (χ4n) is 3.10. The minimum Gasteiger partial charge on any atom is -0.389 e. The fraction of sp³-hybridized carbons (Fsp3) is 0.800. The molecule has 0 saturated heterocycles. The maximum absolute atomic E-state index is 10.5. The Kier molecular flexibility index (Phi) is 4.99. The molecule has 1 heterocycles. The topological polar surface area (TPSA) is 41.3 Å². The normalized spacial score (nSPS) is 18.9. The number of imidazole rings is 1. The highest BCUT2D eigenvalue weighted by Gasteiger charge is 2.30. The second-order valence-corrected chi connectivity index (χ2v) is 6.04. The van der Waals surface area contributed by atoms with Gasteiger partial charge in [0.2, 0.25) is 0 Å². The summed E-state index contributed by atoms with van der Waals surface area (Å²) in [6, 6.07) is 0. The molecule has 2 rings (SSSR count). The molecule has 0 radical (unpaired) electrons. The first-order valence-electron chi connectivity index (χ1n) is 7.48. The Bertz CT molecular complexity index is 382. The molecule has 19 heavy (non-hydrogen) atoms. The highest BCUT2D eigenvalue weighted by atomic mass is 16.3. The first kappa shape index (κ1) is 14.5. The third-order valence-corrected chi connectivity index (χ3v) is 4.21. The Morgan fingerprint density at radius 1 is 1.37 bits per heavy atom. The van der Waals surface area contributed by atoms with Crippen molar-refractivity contribution in [3.05, 3.63) is 18.2 Å². The first-order valence-corrected chi connectivity index (χ1v) is 7.48. The molecule has 1 aromatic heterocycles. The van der Waals surface area contributed by atoms with Crippen molar-refractivity contribution < 1.29 is 5.11 Å². The van der Waals surface area contributed by atoms with Gasteiger partial charge in [-0.1, -0.05) is 19.3 Å². The maximum Gasteiger partial charge on any atom is 0.105 e. The summed E-state index contributed by atoms with van der Waals surface area (Å²) in [5.41, 5.74) is -0.433. The molecule has 1 saturated carbocycles. The monoisotopic (exact) mass is 265 g/mol. The van der Waals surface area contributed by atoms with Gasteiger partial charge in [-0.3, -0.25) is 0 Å². The smallest absolute Gasteiger partial charge is 0.105 e. The van der Waals surface area contributed by atoms with Crippen molar-refractivity contribution in [2.75, 3.05) is 20.1 Å². The molecule has 1 fully saturated rings. The standard InChI is InChI=1S/C15H27N3O/c1-14-16-9-12-18(14)11-6-10-17(2)13-15(19)7-4-3-5-8-15/h9,12,19H,3-8,10-11,13H2,1-2H3. The molecule has 1 aromatic rings. The van der Waals surface area contributed by atoms with Crippen LogP contribution in [-0.4, -0.2) is 45.3 Å². The van der Waals surface area contributed by atoms with E-state index >= 15 is 0 Å². The molecule has 1 aliphatic carbocycles. The Balaban J connectivity index is 1.69. The second-order valence-electron chi connectivity index (χ2n) is 6.04. The number of likely N-dealkylation sites (N-methyl/N-ethyl adjacent to an activating group) is 1.